The molecular formula is C20H28ClIN4O. The lowest BCUT2D eigenvalue weighted by molar-refractivity contribution is 0.211. The van der Waals surface area contributed by atoms with Gasteiger partial charge in [0.25, 0.3) is 0 Å². The van der Waals surface area contributed by atoms with E-state index in [0.29, 0.717) is 6.61 Å². The molecule has 2 rings (SSSR count). The lowest BCUT2D eigenvalue weighted by Crippen LogP contribution is -2.37. The molecular weight excluding hydrogens is 475 g/mol. The molecule has 7 heteroatoms. The highest BCUT2D eigenvalue weighted by Gasteiger charge is 2.00. The van der Waals surface area contributed by atoms with Gasteiger partial charge in [0.1, 0.15) is 0 Å². The fourth-order valence-corrected chi connectivity index (χ4v) is 2.67. The van der Waals surface area contributed by atoms with Crippen molar-refractivity contribution < 1.29 is 4.74 Å². The number of hydrogen-bond acceptors (Lipinski definition) is 3. The molecule has 0 spiro atoms. The molecule has 0 aliphatic carbocycles. The average molecular weight is 503 g/mol. The summed E-state index contributed by atoms with van der Waals surface area (Å²) in [6.45, 7) is 3.01. The van der Waals surface area contributed by atoms with Crippen LogP contribution in [0.2, 0.25) is 5.02 Å². The van der Waals surface area contributed by atoms with Gasteiger partial charge in [0.05, 0.1) is 6.61 Å². The Morgan fingerprint density at radius 2 is 1.81 bits per heavy atom. The second-order valence-corrected chi connectivity index (χ2v) is 6.29. The van der Waals surface area contributed by atoms with E-state index in [1.54, 1.807) is 14.2 Å². The Bertz CT molecular complexity index is 695. The van der Waals surface area contributed by atoms with Crippen LogP contribution in [0.3, 0.4) is 0 Å². The monoisotopic (exact) mass is 502 g/mol. The second kappa shape index (κ2) is 13.6. The van der Waals surface area contributed by atoms with E-state index in [-0.39, 0.29) is 24.0 Å². The maximum absolute atomic E-state index is 6.01. The highest BCUT2D eigenvalue weighted by atomic mass is 127. The molecule has 0 fully saturated rings. The van der Waals surface area contributed by atoms with Crippen molar-refractivity contribution >= 4 is 47.2 Å². The third kappa shape index (κ3) is 9.30. The lowest BCUT2D eigenvalue weighted by atomic mass is 10.1. The van der Waals surface area contributed by atoms with E-state index in [2.05, 4.69) is 51.3 Å². The number of nitrogens with zero attached hydrogens (tertiary/aromatic N) is 1. The van der Waals surface area contributed by atoms with Crippen LogP contribution in [0.15, 0.2) is 53.5 Å². The third-order valence-corrected chi connectivity index (χ3v) is 4.10. The molecule has 0 unspecified atom stereocenters. The predicted octanol–water partition coefficient (Wildman–Crippen LogP) is 3.92. The molecule has 0 heterocycles. The van der Waals surface area contributed by atoms with Crippen LogP contribution in [-0.4, -0.2) is 39.8 Å². The normalized spacial score (nSPS) is 10.9. The van der Waals surface area contributed by atoms with E-state index >= 15 is 0 Å². The van der Waals surface area contributed by atoms with Crippen molar-refractivity contribution in [2.75, 3.05) is 39.2 Å². The molecule has 27 heavy (non-hydrogen) atoms. The fourth-order valence-electron chi connectivity index (χ4n) is 2.46. The number of nitrogens with one attached hydrogen (secondary N) is 3. The summed E-state index contributed by atoms with van der Waals surface area (Å²) in [5, 5.41) is 10.7. The number of ether oxygens (including phenoxy) is 1. The van der Waals surface area contributed by atoms with E-state index in [1.165, 1.54) is 11.1 Å². The Labute approximate surface area is 184 Å². The molecule has 3 N–H and O–H groups in total. The van der Waals surface area contributed by atoms with Gasteiger partial charge in [-0.05, 0) is 41.8 Å². The number of aliphatic imine (C=N–C) groups is 1. The molecule has 2 aromatic rings. The zero-order valence-electron chi connectivity index (χ0n) is 15.8. The highest BCUT2D eigenvalue weighted by Crippen LogP contribution is 2.11. The van der Waals surface area contributed by atoms with Gasteiger partial charge in [0.2, 0.25) is 0 Å². The summed E-state index contributed by atoms with van der Waals surface area (Å²) in [4.78, 5) is 4.26. The Morgan fingerprint density at radius 3 is 2.48 bits per heavy atom. The molecule has 0 atom stereocenters. The second-order valence-electron chi connectivity index (χ2n) is 5.85. The minimum absolute atomic E-state index is 0. The fraction of sp³-hybridized carbons (Fsp3) is 0.350. The van der Waals surface area contributed by atoms with Gasteiger partial charge in [-0.3, -0.25) is 4.99 Å². The zero-order chi connectivity index (χ0) is 18.6. The average Bonchev–Trinajstić information content (AvgIpc) is 2.66. The number of rotatable bonds is 9. The van der Waals surface area contributed by atoms with Crippen molar-refractivity contribution in [1.82, 2.24) is 10.6 Å². The van der Waals surface area contributed by atoms with Gasteiger partial charge in [-0.15, -0.1) is 24.0 Å². The molecule has 0 radical (unpaired) electrons. The number of benzene rings is 2. The van der Waals surface area contributed by atoms with Gasteiger partial charge in [-0.2, -0.15) is 0 Å². The first-order valence-corrected chi connectivity index (χ1v) is 9.10. The minimum atomic E-state index is 0. The van der Waals surface area contributed by atoms with Gasteiger partial charge in [0, 0.05) is 44.5 Å². The lowest BCUT2D eigenvalue weighted by Gasteiger charge is -2.12. The van der Waals surface area contributed by atoms with E-state index in [9.17, 15) is 0 Å². The Balaban J connectivity index is 0.00000364. The molecule has 2 aromatic carbocycles. The van der Waals surface area contributed by atoms with Gasteiger partial charge in [0.15, 0.2) is 5.96 Å². The molecule has 0 aliphatic heterocycles. The van der Waals surface area contributed by atoms with Crippen molar-refractivity contribution in [2.45, 2.75) is 13.0 Å². The van der Waals surface area contributed by atoms with Crippen molar-refractivity contribution in [2.24, 2.45) is 4.99 Å². The highest BCUT2D eigenvalue weighted by molar-refractivity contribution is 14.0. The topological polar surface area (TPSA) is 57.7 Å². The molecule has 148 valence electrons. The van der Waals surface area contributed by atoms with Crippen LogP contribution >= 0.6 is 35.6 Å². The SMILES string of the molecule is CN=C(NCCc1cccc(Cl)c1)NCc1ccc(NCCOC)cc1.I. The summed E-state index contributed by atoms with van der Waals surface area (Å²) < 4.78 is 5.03. The van der Waals surface area contributed by atoms with Crippen LogP contribution in [0.4, 0.5) is 5.69 Å². The first-order valence-electron chi connectivity index (χ1n) is 8.72. The maximum Gasteiger partial charge on any atom is 0.191 e. The summed E-state index contributed by atoms with van der Waals surface area (Å²) in [5.74, 6) is 0.786. The van der Waals surface area contributed by atoms with E-state index in [1.807, 2.05) is 18.2 Å². The largest absolute Gasteiger partial charge is 0.383 e. The van der Waals surface area contributed by atoms with Crippen LogP contribution in [-0.2, 0) is 17.7 Å². The van der Waals surface area contributed by atoms with Gasteiger partial charge in [-0.25, -0.2) is 0 Å². The number of methoxy groups -OCH3 is 1. The maximum atomic E-state index is 6.01. The molecule has 0 bridgehead atoms. The molecule has 5 nitrogen and oxygen atoms in total. The molecule has 0 amide bonds. The van der Waals surface area contributed by atoms with E-state index in [0.717, 1.165) is 42.7 Å². The first kappa shape index (κ1) is 23.5. The Hall–Kier alpha value is -1.51. The van der Waals surface area contributed by atoms with Crippen molar-refractivity contribution in [1.29, 1.82) is 0 Å². The van der Waals surface area contributed by atoms with Crippen molar-refractivity contribution in [3.05, 3.63) is 64.7 Å². The molecule has 0 saturated heterocycles. The van der Waals surface area contributed by atoms with Crippen molar-refractivity contribution in [3.8, 4) is 0 Å². The quantitative estimate of drug-likeness (QED) is 0.211. The smallest absolute Gasteiger partial charge is 0.191 e. The zero-order valence-corrected chi connectivity index (χ0v) is 18.9. The van der Waals surface area contributed by atoms with Gasteiger partial charge in [-0.1, -0.05) is 35.9 Å². The van der Waals surface area contributed by atoms with Crippen LogP contribution in [0.1, 0.15) is 11.1 Å². The number of guanidine groups is 1. The summed E-state index contributed by atoms with van der Waals surface area (Å²) in [6, 6.07) is 16.3. The Kier molecular flexibility index (Phi) is 11.9. The standard InChI is InChI=1S/C20H27ClN4O.HI/c1-22-20(24-11-10-16-4-3-5-18(21)14-16)25-15-17-6-8-19(9-7-17)23-12-13-26-2;/h3-9,14,23H,10-13,15H2,1-2H3,(H2,22,24,25);1H. The Morgan fingerprint density at radius 1 is 1.04 bits per heavy atom. The van der Waals surface area contributed by atoms with Crippen LogP contribution in [0.25, 0.3) is 0 Å². The van der Waals surface area contributed by atoms with Gasteiger partial charge >= 0.3 is 0 Å². The first-order chi connectivity index (χ1) is 12.7. The number of anilines is 1. The van der Waals surface area contributed by atoms with Crippen LogP contribution in [0.5, 0.6) is 0 Å². The molecule has 0 aromatic heterocycles. The molecule has 0 aliphatic rings. The minimum Gasteiger partial charge on any atom is -0.383 e. The molecule has 0 saturated carbocycles. The number of hydrogen-bond donors (Lipinski definition) is 3. The van der Waals surface area contributed by atoms with Crippen molar-refractivity contribution in [3.63, 3.8) is 0 Å². The van der Waals surface area contributed by atoms with Gasteiger partial charge < -0.3 is 20.7 Å². The third-order valence-electron chi connectivity index (χ3n) is 3.87. The number of halogens is 2. The summed E-state index contributed by atoms with van der Waals surface area (Å²) in [5.41, 5.74) is 3.49. The summed E-state index contributed by atoms with van der Waals surface area (Å²) in [6.07, 6.45) is 0.892. The van der Waals surface area contributed by atoms with Crippen LogP contribution in [0, 0.1) is 0 Å². The summed E-state index contributed by atoms with van der Waals surface area (Å²) >= 11 is 6.01. The van der Waals surface area contributed by atoms with Crippen LogP contribution < -0.4 is 16.0 Å². The van der Waals surface area contributed by atoms with E-state index < -0.39 is 0 Å². The summed E-state index contributed by atoms with van der Waals surface area (Å²) in [7, 11) is 3.48. The van der Waals surface area contributed by atoms with E-state index in [4.69, 9.17) is 16.3 Å². The predicted molar refractivity (Wildman–Crippen MR) is 126 cm³/mol.